The second-order valence-corrected chi connectivity index (χ2v) is 11.0. The average molecular weight is 487 g/mol. The molecular weight excluding hydrogens is 448 g/mol. The summed E-state index contributed by atoms with van der Waals surface area (Å²) in [6, 6.07) is 10.1. The Bertz CT molecular complexity index is 942. The van der Waals surface area contributed by atoms with Gasteiger partial charge < -0.3 is 19.5 Å². The molecule has 0 bridgehead atoms. The first kappa shape index (κ1) is 25.2. The Morgan fingerprint density at radius 2 is 2.12 bits per heavy atom. The van der Waals surface area contributed by atoms with E-state index in [9.17, 15) is 9.90 Å². The van der Waals surface area contributed by atoms with E-state index in [1.165, 1.54) is 23.3 Å². The van der Waals surface area contributed by atoms with Crippen molar-refractivity contribution in [3.05, 3.63) is 51.7 Å². The highest BCUT2D eigenvalue weighted by Gasteiger charge is 2.34. The highest BCUT2D eigenvalue weighted by atomic mass is 32.1. The molecule has 1 saturated carbocycles. The minimum absolute atomic E-state index is 0.0791. The zero-order valence-electron chi connectivity index (χ0n) is 20.6. The van der Waals surface area contributed by atoms with Crippen LogP contribution in [-0.4, -0.2) is 72.4 Å². The van der Waals surface area contributed by atoms with Gasteiger partial charge in [0.25, 0.3) is 0 Å². The molecule has 1 aliphatic heterocycles. The van der Waals surface area contributed by atoms with Gasteiger partial charge >= 0.3 is 0 Å². The normalized spacial score (nSPS) is 18.9. The van der Waals surface area contributed by atoms with Crippen molar-refractivity contribution in [1.29, 1.82) is 0 Å². The molecule has 2 heterocycles. The summed E-state index contributed by atoms with van der Waals surface area (Å²) in [6.07, 6.45) is 2.78. The van der Waals surface area contributed by atoms with E-state index in [1.54, 1.807) is 11.3 Å². The summed E-state index contributed by atoms with van der Waals surface area (Å²) in [5.74, 6) is 1.57. The molecule has 0 radical (unpaired) electrons. The molecule has 0 unspecified atom stereocenters. The third-order valence-electron chi connectivity index (χ3n) is 6.48. The van der Waals surface area contributed by atoms with Gasteiger partial charge in [-0.2, -0.15) is 0 Å². The van der Waals surface area contributed by atoms with Crippen LogP contribution in [0.15, 0.2) is 35.7 Å². The first-order valence-corrected chi connectivity index (χ1v) is 13.3. The smallest absolute Gasteiger partial charge is 0.237 e. The monoisotopic (exact) mass is 486 g/mol. The van der Waals surface area contributed by atoms with Gasteiger partial charge in [-0.15, -0.1) is 11.3 Å². The molecule has 6 nitrogen and oxygen atoms in total. The Hall–Kier alpha value is -1.93. The summed E-state index contributed by atoms with van der Waals surface area (Å²) in [6.45, 7) is 9.03. The van der Waals surface area contributed by atoms with E-state index in [-0.39, 0.29) is 18.1 Å². The van der Waals surface area contributed by atoms with Crippen molar-refractivity contribution in [2.75, 3.05) is 39.4 Å². The number of ether oxygens (including phenoxy) is 2. The number of hydrogen-bond acceptors (Lipinski definition) is 6. The summed E-state index contributed by atoms with van der Waals surface area (Å²) in [4.78, 5) is 19.0. The van der Waals surface area contributed by atoms with Crippen LogP contribution in [0.25, 0.3) is 0 Å². The van der Waals surface area contributed by atoms with Gasteiger partial charge in [-0.1, -0.05) is 12.1 Å². The van der Waals surface area contributed by atoms with Gasteiger partial charge in [-0.05, 0) is 80.7 Å². The molecule has 34 heavy (non-hydrogen) atoms. The zero-order chi connectivity index (χ0) is 24.1. The lowest BCUT2D eigenvalue weighted by Crippen LogP contribution is -2.48. The second-order valence-electron chi connectivity index (χ2n) is 9.95. The number of aliphatic hydroxyl groups excluding tert-OH is 1. The Morgan fingerprint density at radius 3 is 2.85 bits per heavy atom. The number of benzene rings is 1. The van der Waals surface area contributed by atoms with Crippen LogP contribution in [0.2, 0.25) is 0 Å². The summed E-state index contributed by atoms with van der Waals surface area (Å²) < 4.78 is 11.8. The Morgan fingerprint density at radius 1 is 1.29 bits per heavy atom. The highest BCUT2D eigenvalue weighted by molar-refractivity contribution is 7.10. The van der Waals surface area contributed by atoms with Crippen molar-refractivity contribution in [3.63, 3.8) is 0 Å². The molecule has 2 aliphatic rings. The third kappa shape index (κ3) is 7.04. The molecule has 0 spiro atoms. The van der Waals surface area contributed by atoms with Gasteiger partial charge in [-0.25, -0.2) is 0 Å². The number of aryl methyl sites for hydroxylation is 1. The molecule has 4 rings (SSSR count). The summed E-state index contributed by atoms with van der Waals surface area (Å²) >= 11 is 1.76. The lowest BCUT2D eigenvalue weighted by Gasteiger charge is -2.37. The summed E-state index contributed by atoms with van der Waals surface area (Å²) in [5, 5.41) is 12.6. The largest absolute Gasteiger partial charge is 0.491 e. The Kier molecular flexibility index (Phi) is 8.64. The lowest BCUT2D eigenvalue weighted by molar-refractivity contribution is -0.136. The van der Waals surface area contributed by atoms with E-state index < -0.39 is 6.10 Å². The maximum absolute atomic E-state index is 13.6. The first-order chi connectivity index (χ1) is 16.4. The maximum Gasteiger partial charge on any atom is 0.237 e. The lowest BCUT2D eigenvalue weighted by atomic mass is 10.0. The highest BCUT2D eigenvalue weighted by Crippen LogP contribution is 2.34. The standard InChI is InChI=1S/C27H38N2O4S/c1-19(2)32-17-22(30)15-28(14-21-7-8-21)16-27(31)29-11-9-26-24(10-12-34-26)25(29)18-33-23-6-4-5-20(3)13-23/h4-6,10,12-13,19,21-22,25,30H,7-9,11,14-18H2,1-3H3/t22-,25+/m0/s1. The molecule has 1 N–H and O–H groups in total. The van der Waals surface area contributed by atoms with Gasteiger partial charge in [0, 0.05) is 24.5 Å². The summed E-state index contributed by atoms with van der Waals surface area (Å²) in [5.41, 5.74) is 2.36. The third-order valence-corrected chi connectivity index (χ3v) is 7.47. The van der Waals surface area contributed by atoms with Gasteiger partial charge in [0.1, 0.15) is 12.4 Å². The second kappa shape index (κ2) is 11.7. The molecule has 1 aromatic carbocycles. The fourth-order valence-electron chi connectivity index (χ4n) is 4.56. The predicted octanol–water partition coefficient (Wildman–Crippen LogP) is 4.06. The minimum atomic E-state index is -0.598. The number of nitrogens with zero attached hydrogens (tertiary/aromatic N) is 2. The first-order valence-electron chi connectivity index (χ1n) is 12.5. The molecule has 1 aliphatic carbocycles. The van der Waals surface area contributed by atoms with E-state index >= 15 is 0 Å². The van der Waals surface area contributed by atoms with Crippen LogP contribution in [0.1, 0.15) is 48.7 Å². The number of carbonyl (C=O) groups is 1. The molecule has 1 aromatic heterocycles. The Labute approximate surface area is 207 Å². The van der Waals surface area contributed by atoms with Crippen LogP contribution >= 0.6 is 11.3 Å². The van der Waals surface area contributed by atoms with E-state index in [4.69, 9.17) is 9.47 Å². The number of thiophene rings is 1. The van der Waals surface area contributed by atoms with Crippen molar-refractivity contribution in [1.82, 2.24) is 9.80 Å². The number of fused-ring (bicyclic) bond motifs is 1. The fourth-order valence-corrected chi connectivity index (χ4v) is 5.49. The van der Waals surface area contributed by atoms with Gasteiger partial charge in [-0.3, -0.25) is 9.69 Å². The summed E-state index contributed by atoms with van der Waals surface area (Å²) in [7, 11) is 0. The van der Waals surface area contributed by atoms with Crippen LogP contribution in [0, 0.1) is 12.8 Å². The molecule has 186 valence electrons. The van der Waals surface area contributed by atoms with E-state index in [1.807, 2.05) is 36.9 Å². The van der Waals surface area contributed by atoms with Crippen LogP contribution in [0.3, 0.4) is 0 Å². The molecule has 2 atom stereocenters. The van der Waals surface area contributed by atoms with Crippen molar-refractivity contribution in [2.45, 2.75) is 58.3 Å². The van der Waals surface area contributed by atoms with Gasteiger partial charge in [0.15, 0.2) is 0 Å². The van der Waals surface area contributed by atoms with E-state index in [0.29, 0.717) is 38.8 Å². The van der Waals surface area contributed by atoms with Crippen LogP contribution in [0.4, 0.5) is 0 Å². The van der Waals surface area contributed by atoms with E-state index in [2.05, 4.69) is 29.3 Å². The number of hydrogen-bond donors (Lipinski definition) is 1. The quantitative estimate of drug-likeness (QED) is 0.490. The minimum Gasteiger partial charge on any atom is -0.491 e. The maximum atomic E-state index is 13.6. The molecule has 0 saturated heterocycles. The topological polar surface area (TPSA) is 62.2 Å². The van der Waals surface area contributed by atoms with Crippen LogP contribution < -0.4 is 4.74 Å². The van der Waals surface area contributed by atoms with Gasteiger partial charge in [0.05, 0.1) is 31.4 Å². The van der Waals surface area contributed by atoms with E-state index in [0.717, 1.165) is 24.3 Å². The van der Waals surface area contributed by atoms with Crippen molar-refractivity contribution in [2.24, 2.45) is 5.92 Å². The number of amides is 1. The fraction of sp³-hybridized carbons (Fsp3) is 0.593. The number of aliphatic hydroxyl groups is 1. The Balaban J connectivity index is 1.43. The van der Waals surface area contributed by atoms with Gasteiger partial charge in [0.2, 0.25) is 5.91 Å². The van der Waals surface area contributed by atoms with Crippen LogP contribution in [0.5, 0.6) is 5.75 Å². The molecular formula is C27H38N2O4S. The predicted molar refractivity (Wildman–Crippen MR) is 135 cm³/mol. The van der Waals surface area contributed by atoms with Crippen molar-refractivity contribution >= 4 is 17.2 Å². The van der Waals surface area contributed by atoms with Crippen LogP contribution in [-0.2, 0) is 16.0 Å². The number of carbonyl (C=O) groups excluding carboxylic acids is 1. The molecule has 2 aromatic rings. The zero-order valence-corrected chi connectivity index (χ0v) is 21.4. The average Bonchev–Trinajstić information content (AvgIpc) is 3.47. The van der Waals surface area contributed by atoms with Crippen molar-refractivity contribution in [3.8, 4) is 5.75 Å². The molecule has 7 heteroatoms. The molecule has 1 fully saturated rings. The SMILES string of the molecule is Cc1cccc(OC[C@@H]2c3ccsc3CCN2C(=O)CN(CC2CC2)C[C@H](O)COC(C)C)c1. The number of rotatable bonds is 12. The van der Waals surface area contributed by atoms with Crippen molar-refractivity contribution < 1.29 is 19.4 Å². The molecule has 1 amide bonds.